The van der Waals surface area contributed by atoms with Crippen LogP contribution < -0.4 is 0 Å². The van der Waals surface area contributed by atoms with E-state index in [1.165, 1.54) is 0 Å². The summed E-state index contributed by atoms with van der Waals surface area (Å²) >= 11 is 0. The molecule has 0 fully saturated rings. The third-order valence-electron chi connectivity index (χ3n) is 2.87. The Morgan fingerprint density at radius 1 is 1.21 bits per heavy atom. The third-order valence-corrected chi connectivity index (χ3v) is 2.87. The van der Waals surface area contributed by atoms with E-state index in [4.69, 9.17) is 4.74 Å². The average Bonchev–Trinajstić information content (AvgIpc) is 2.48. The first-order valence-electron chi connectivity index (χ1n) is 5.52. The summed E-state index contributed by atoms with van der Waals surface area (Å²) in [5.74, 6) is 0.676. The van der Waals surface area contributed by atoms with Gasteiger partial charge in [0.1, 0.15) is 0 Å². The summed E-state index contributed by atoms with van der Waals surface area (Å²) in [6.07, 6.45) is 4.61. The molecule has 1 rings (SSSR count). The summed E-state index contributed by atoms with van der Waals surface area (Å²) in [5, 5.41) is 0. The van der Waals surface area contributed by atoms with Crippen molar-refractivity contribution in [1.82, 2.24) is 4.90 Å². The van der Waals surface area contributed by atoms with E-state index in [0.717, 1.165) is 6.61 Å². The van der Waals surface area contributed by atoms with Gasteiger partial charge in [-0.25, -0.2) is 0 Å². The number of ether oxygens (including phenoxy) is 1. The van der Waals surface area contributed by atoms with Crippen molar-refractivity contribution < 1.29 is 4.74 Å². The predicted molar refractivity (Wildman–Crippen MR) is 60.4 cm³/mol. The number of hydrogen-bond acceptors (Lipinski definition) is 2. The Bertz CT molecular complexity index is 198. The lowest BCUT2D eigenvalue weighted by Crippen LogP contribution is -2.46. The van der Waals surface area contributed by atoms with Crippen LogP contribution in [0.4, 0.5) is 0 Å². The fourth-order valence-corrected chi connectivity index (χ4v) is 2.27. The summed E-state index contributed by atoms with van der Waals surface area (Å²) in [6.45, 7) is 9.87. The van der Waals surface area contributed by atoms with Crippen LogP contribution in [0.3, 0.4) is 0 Å². The van der Waals surface area contributed by atoms with E-state index in [1.807, 2.05) is 0 Å². The summed E-state index contributed by atoms with van der Waals surface area (Å²) in [4.78, 5) is 2.54. The van der Waals surface area contributed by atoms with Crippen LogP contribution in [0, 0.1) is 5.92 Å². The molecular formula is C12H23NO. The SMILES string of the molecule is COCC1C=CC(C(C)C)N1C(C)C. The standard InChI is InChI=1S/C12H23NO/c1-9(2)12-7-6-11(8-14-5)13(12)10(3)4/h6-7,9-12H,8H2,1-5H3. The van der Waals surface area contributed by atoms with Gasteiger partial charge in [-0.2, -0.15) is 0 Å². The van der Waals surface area contributed by atoms with Crippen molar-refractivity contribution in [2.45, 2.75) is 45.8 Å². The Kier molecular flexibility index (Phi) is 4.14. The van der Waals surface area contributed by atoms with Crippen LogP contribution in [-0.4, -0.2) is 36.7 Å². The van der Waals surface area contributed by atoms with Crippen molar-refractivity contribution >= 4 is 0 Å². The van der Waals surface area contributed by atoms with Crippen LogP contribution in [0.1, 0.15) is 27.7 Å². The fraction of sp³-hybridized carbons (Fsp3) is 0.833. The Morgan fingerprint density at radius 3 is 2.29 bits per heavy atom. The molecule has 1 heterocycles. The second kappa shape index (κ2) is 4.94. The van der Waals surface area contributed by atoms with Crippen LogP contribution in [0.2, 0.25) is 0 Å². The maximum atomic E-state index is 5.24. The molecule has 0 N–H and O–H groups in total. The molecule has 0 aliphatic carbocycles. The minimum absolute atomic E-state index is 0.465. The fourth-order valence-electron chi connectivity index (χ4n) is 2.27. The van der Waals surface area contributed by atoms with Gasteiger partial charge in [0.25, 0.3) is 0 Å². The summed E-state index contributed by atoms with van der Waals surface area (Å²) in [6, 6.07) is 1.63. The van der Waals surface area contributed by atoms with Gasteiger partial charge in [0.05, 0.1) is 12.6 Å². The Hall–Kier alpha value is -0.340. The molecule has 0 aromatic rings. The maximum absolute atomic E-state index is 5.24. The highest BCUT2D eigenvalue weighted by atomic mass is 16.5. The van der Waals surface area contributed by atoms with Crippen molar-refractivity contribution in [2.24, 2.45) is 5.92 Å². The van der Waals surface area contributed by atoms with Crippen LogP contribution >= 0.6 is 0 Å². The molecular weight excluding hydrogens is 174 g/mol. The first-order chi connectivity index (χ1) is 6.57. The molecule has 0 radical (unpaired) electrons. The zero-order chi connectivity index (χ0) is 10.7. The van der Waals surface area contributed by atoms with Crippen LogP contribution in [-0.2, 0) is 4.74 Å². The van der Waals surface area contributed by atoms with Gasteiger partial charge in [0.2, 0.25) is 0 Å². The highest BCUT2D eigenvalue weighted by Gasteiger charge is 2.31. The second-order valence-corrected chi connectivity index (χ2v) is 4.68. The van der Waals surface area contributed by atoms with Gasteiger partial charge in [-0.1, -0.05) is 26.0 Å². The van der Waals surface area contributed by atoms with Crippen molar-refractivity contribution in [3.63, 3.8) is 0 Å². The molecule has 2 atom stereocenters. The zero-order valence-corrected chi connectivity index (χ0v) is 10.0. The summed E-state index contributed by atoms with van der Waals surface area (Å²) < 4.78 is 5.24. The molecule has 82 valence electrons. The molecule has 1 aliphatic heterocycles. The van der Waals surface area contributed by atoms with Gasteiger partial charge in [-0.15, -0.1) is 0 Å². The van der Waals surface area contributed by atoms with Crippen LogP contribution in [0.25, 0.3) is 0 Å². The number of methoxy groups -OCH3 is 1. The van der Waals surface area contributed by atoms with Gasteiger partial charge in [0, 0.05) is 19.2 Å². The van der Waals surface area contributed by atoms with Gasteiger partial charge in [-0.05, 0) is 19.8 Å². The van der Waals surface area contributed by atoms with Crippen molar-refractivity contribution in [1.29, 1.82) is 0 Å². The molecule has 0 saturated heterocycles. The maximum Gasteiger partial charge on any atom is 0.0654 e. The van der Waals surface area contributed by atoms with E-state index in [2.05, 4.69) is 44.7 Å². The first-order valence-corrected chi connectivity index (χ1v) is 5.52. The number of nitrogens with zero attached hydrogens (tertiary/aromatic N) is 1. The molecule has 0 bridgehead atoms. The highest BCUT2D eigenvalue weighted by molar-refractivity contribution is 5.12. The van der Waals surface area contributed by atoms with E-state index in [9.17, 15) is 0 Å². The highest BCUT2D eigenvalue weighted by Crippen LogP contribution is 2.25. The second-order valence-electron chi connectivity index (χ2n) is 4.68. The Balaban J connectivity index is 2.69. The van der Waals surface area contributed by atoms with E-state index in [-0.39, 0.29) is 0 Å². The Morgan fingerprint density at radius 2 is 1.86 bits per heavy atom. The smallest absolute Gasteiger partial charge is 0.0654 e. The molecule has 2 heteroatoms. The topological polar surface area (TPSA) is 12.5 Å². The molecule has 2 unspecified atom stereocenters. The quantitative estimate of drug-likeness (QED) is 0.641. The minimum atomic E-state index is 0.465. The molecule has 2 nitrogen and oxygen atoms in total. The van der Waals surface area contributed by atoms with E-state index in [0.29, 0.717) is 24.0 Å². The summed E-state index contributed by atoms with van der Waals surface area (Å²) in [7, 11) is 1.77. The zero-order valence-electron chi connectivity index (χ0n) is 10.0. The minimum Gasteiger partial charge on any atom is -0.383 e. The molecule has 14 heavy (non-hydrogen) atoms. The van der Waals surface area contributed by atoms with E-state index >= 15 is 0 Å². The molecule has 1 aliphatic rings. The van der Waals surface area contributed by atoms with Crippen LogP contribution in [0.15, 0.2) is 12.2 Å². The first kappa shape index (κ1) is 11.7. The number of hydrogen-bond donors (Lipinski definition) is 0. The predicted octanol–water partition coefficient (Wildman–Crippen LogP) is 2.31. The lowest BCUT2D eigenvalue weighted by atomic mass is 10.0. The molecule has 0 aromatic carbocycles. The van der Waals surface area contributed by atoms with Crippen molar-refractivity contribution in [2.75, 3.05) is 13.7 Å². The molecule has 0 amide bonds. The van der Waals surface area contributed by atoms with Gasteiger partial charge in [-0.3, -0.25) is 4.90 Å². The van der Waals surface area contributed by atoms with Gasteiger partial charge in [0.15, 0.2) is 0 Å². The van der Waals surface area contributed by atoms with E-state index < -0.39 is 0 Å². The van der Waals surface area contributed by atoms with Crippen molar-refractivity contribution in [3.8, 4) is 0 Å². The third kappa shape index (κ3) is 2.37. The van der Waals surface area contributed by atoms with Crippen molar-refractivity contribution in [3.05, 3.63) is 12.2 Å². The largest absolute Gasteiger partial charge is 0.383 e. The lowest BCUT2D eigenvalue weighted by Gasteiger charge is -2.35. The molecule has 0 spiro atoms. The van der Waals surface area contributed by atoms with Gasteiger partial charge >= 0.3 is 0 Å². The molecule has 0 aromatic heterocycles. The van der Waals surface area contributed by atoms with Gasteiger partial charge < -0.3 is 4.74 Å². The number of rotatable bonds is 4. The van der Waals surface area contributed by atoms with Crippen LogP contribution in [0.5, 0.6) is 0 Å². The monoisotopic (exact) mass is 197 g/mol. The van der Waals surface area contributed by atoms with E-state index in [1.54, 1.807) is 7.11 Å². The Labute approximate surface area is 87.9 Å². The lowest BCUT2D eigenvalue weighted by molar-refractivity contribution is 0.0730. The average molecular weight is 197 g/mol. The molecule has 0 saturated carbocycles. The summed E-state index contributed by atoms with van der Waals surface area (Å²) in [5.41, 5.74) is 0. The normalized spacial score (nSPS) is 28.2.